The van der Waals surface area contributed by atoms with Crippen molar-refractivity contribution in [3.05, 3.63) is 239 Å². The maximum absolute atomic E-state index is 15.4. The standard InChI is InChI=1S/C103H147N3O8S2/c1-7-9-11-13-15-17-19-21-23-25-27-29-31-33-35-37-39-41-43-63-79-111-93-78-77-86(96(81-93)112-80-64-44-42-40-38-36-34-32-30-28-26-24-22-20-18-16-14-12-10-8-2)82-113-99(109)95(84-116-103(90-71-57-48-58-72-90,91-73-59-49-60-74-91)92-75-61-50-62-76-92)105-97(107)85(3)104-98(108)94(106-100(110)114-101(4,5)6)83-115-102(87-65-51-45-52-66-87,88-67-53-46-54-68-88)89-69-55-47-56-70-89/h45-62,65-78,81,85,94-95H,7-44,63-64,79-80,82-84H2,1-6H3,(H,104,108)(H,105,107)(H,106,110)/t85-,94-,95-/m0/s1. The molecule has 0 aliphatic heterocycles. The minimum absolute atomic E-state index is 0.0546. The Kier molecular flexibility index (Phi) is 47.5. The molecule has 0 aliphatic rings. The minimum atomic E-state index is -1.23. The number of amides is 3. The van der Waals surface area contributed by atoms with E-state index in [1.165, 1.54) is 248 Å². The van der Waals surface area contributed by atoms with Gasteiger partial charge in [-0.25, -0.2) is 9.59 Å². The molecule has 7 rings (SSSR count). The number of hydrogen-bond acceptors (Lipinski definition) is 10. The van der Waals surface area contributed by atoms with Gasteiger partial charge in [-0.05, 0) is 86.1 Å². The summed E-state index contributed by atoms with van der Waals surface area (Å²) in [6, 6.07) is 63.2. The van der Waals surface area contributed by atoms with Crippen molar-refractivity contribution in [3.8, 4) is 11.5 Å². The molecule has 0 spiro atoms. The molecule has 11 nitrogen and oxygen atoms in total. The number of esters is 1. The Morgan fingerprint density at radius 1 is 0.336 bits per heavy atom. The van der Waals surface area contributed by atoms with Crippen LogP contribution in [0.5, 0.6) is 11.5 Å². The van der Waals surface area contributed by atoms with Crippen LogP contribution in [0, 0.1) is 0 Å². The number of unbranched alkanes of at least 4 members (excludes halogenated alkanes) is 38. The maximum atomic E-state index is 15.4. The number of thioether (sulfide) groups is 2. The second kappa shape index (κ2) is 57.6. The summed E-state index contributed by atoms with van der Waals surface area (Å²) < 4.78 is 23.6. The van der Waals surface area contributed by atoms with Crippen molar-refractivity contribution in [2.75, 3.05) is 24.7 Å². The topological polar surface area (TPSA) is 141 Å². The predicted octanol–water partition coefficient (Wildman–Crippen LogP) is 27.5. The molecule has 7 aromatic carbocycles. The lowest BCUT2D eigenvalue weighted by Gasteiger charge is -2.37. The molecule has 116 heavy (non-hydrogen) atoms. The van der Waals surface area contributed by atoms with E-state index in [9.17, 15) is 4.79 Å². The zero-order chi connectivity index (χ0) is 82.3. The summed E-state index contributed by atoms with van der Waals surface area (Å²) in [6.07, 6.45) is 52.1. The molecular formula is C103H147N3O8S2. The monoisotopic (exact) mass is 1620 g/mol. The molecule has 0 saturated heterocycles. The van der Waals surface area contributed by atoms with E-state index in [0.29, 0.717) is 30.3 Å². The Labute approximate surface area is 710 Å². The third-order valence-corrected chi connectivity index (χ3v) is 25.6. The lowest BCUT2D eigenvalue weighted by atomic mass is 9.84. The summed E-state index contributed by atoms with van der Waals surface area (Å²) in [6.45, 7) is 12.4. The van der Waals surface area contributed by atoms with Crippen LogP contribution in [-0.4, -0.2) is 72.3 Å². The Hall–Kier alpha value is -7.48. The highest BCUT2D eigenvalue weighted by Crippen LogP contribution is 2.50. The van der Waals surface area contributed by atoms with Gasteiger partial charge in [-0.15, -0.1) is 23.5 Å². The summed E-state index contributed by atoms with van der Waals surface area (Å²) in [7, 11) is 0. The predicted molar refractivity (Wildman–Crippen MR) is 489 cm³/mol. The van der Waals surface area contributed by atoms with Crippen molar-refractivity contribution in [2.24, 2.45) is 0 Å². The molecule has 0 aliphatic carbocycles. The van der Waals surface area contributed by atoms with Gasteiger partial charge in [0.15, 0.2) is 0 Å². The quantitative estimate of drug-likeness (QED) is 0.0192. The zero-order valence-corrected chi connectivity index (χ0v) is 73.8. The van der Waals surface area contributed by atoms with E-state index in [2.05, 4.69) is 103 Å². The Bertz CT molecular complexity index is 3500. The van der Waals surface area contributed by atoms with Gasteiger partial charge in [-0.2, -0.15) is 0 Å². The summed E-state index contributed by atoms with van der Waals surface area (Å²) in [5.41, 5.74) is 5.66. The highest BCUT2D eigenvalue weighted by molar-refractivity contribution is 8.01. The zero-order valence-electron chi connectivity index (χ0n) is 72.2. The number of carbonyl (C=O) groups is 4. The van der Waals surface area contributed by atoms with Crippen LogP contribution < -0.4 is 25.4 Å². The minimum Gasteiger partial charge on any atom is -0.493 e. The fourth-order valence-electron chi connectivity index (χ4n) is 15.6. The second-order valence-corrected chi connectivity index (χ2v) is 35.6. The number of alkyl carbamates (subject to hydrolysis) is 1. The van der Waals surface area contributed by atoms with Crippen molar-refractivity contribution in [2.45, 2.75) is 338 Å². The van der Waals surface area contributed by atoms with Crippen LogP contribution in [0.2, 0.25) is 0 Å². The number of benzene rings is 7. The first-order valence-corrected chi connectivity index (χ1v) is 47.5. The molecule has 3 atom stereocenters. The fourth-order valence-corrected chi connectivity index (χ4v) is 18.7. The molecule has 3 amide bonds. The Morgan fingerprint density at radius 3 is 0.940 bits per heavy atom. The summed E-state index contributed by atoms with van der Waals surface area (Å²) in [5, 5.41) is 8.93. The number of ether oxygens (including phenoxy) is 4. The lowest BCUT2D eigenvalue weighted by Crippen LogP contribution is -2.56. The van der Waals surface area contributed by atoms with Crippen LogP contribution in [0.1, 0.15) is 337 Å². The first-order valence-electron chi connectivity index (χ1n) is 45.5. The van der Waals surface area contributed by atoms with Crippen LogP contribution >= 0.6 is 23.5 Å². The lowest BCUT2D eigenvalue weighted by molar-refractivity contribution is -0.148. The molecular weight excluding hydrogens is 1470 g/mol. The van der Waals surface area contributed by atoms with Crippen molar-refractivity contribution >= 4 is 47.4 Å². The Balaban J connectivity index is 1.03. The van der Waals surface area contributed by atoms with E-state index < -0.39 is 57.1 Å². The molecule has 0 bridgehead atoms. The molecule has 0 heterocycles. The van der Waals surface area contributed by atoms with Gasteiger partial charge in [0.2, 0.25) is 11.8 Å². The van der Waals surface area contributed by atoms with Gasteiger partial charge in [0, 0.05) is 23.1 Å². The maximum Gasteiger partial charge on any atom is 0.408 e. The second-order valence-electron chi connectivity index (χ2n) is 33.2. The summed E-state index contributed by atoms with van der Waals surface area (Å²) in [5.74, 6) is -0.482. The van der Waals surface area contributed by atoms with Crippen LogP contribution in [0.4, 0.5) is 4.79 Å². The van der Waals surface area contributed by atoms with Crippen LogP contribution in [0.25, 0.3) is 0 Å². The van der Waals surface area contributed by atoms with E-state index in [4.69, 9.17) is 18.9 Å². The molecule has 3 N–H and O–H groups in total. The van der Waals surface area contributed by atoms with Gasteiger partial charge in [0.25, 0.3) is 0 Å². The van der Waals surface area contributed by atoms with Crippen molar-refractivity contribution in [1.29, 1.82) is 0 Å². The van der Waals surface area contributed by atoms with Gasteiger partial charge in [0.05, 0.1) is 22.7 Å². The average Bonchev–Trinajstić information content (AvgIpc) is 0.762. The molecule has 0 saturated carbocycles. The number of nitrogens with one attached hydrogen (secondary N) is 3. The fraction of sp³-hybridized carbons (Fsp3) is 0.553. The average molecular weight is 1620 g/mol. The van der Waals surface area contributed by atoms with E-state index >= 15 is 14.4 Å². The molecule has 7 aromatic rings. The van der Waals surface area contributed by atoms with Crippen LogP contribution in [0.15, 0.2) is 200 Å². The number of hydrogen-bond donors (Lipinski definition) is 3. The highest BCUT2D eigenvalue weighted by atomic mass is 32.2. The molecule has 0 unspecified atom stereocenters. The first kappa shape index (κ1) is 95.7. The SMILES string of the molecule is CCCCCCCCCCCCCCCCCCCCCCOc1ccc(COC(=O)[C@H](CSC(c2ccccc2)(c2ccccc2)c2ccccc2)NC(=O)[C@H](C)NC(=O)[C@H](CSC(c2ccccc2)(c2ccccc2)c2ccccc2)NC(=O)OC(C)(C)C)c(OCCCCCCCCCCCCCCCCCCCCCC)c1. The van der Waals surface area contributed by atoms with E-state index in [-0.39, 0.29) is 18.1 Å². The largest absolute Gasteiger partial charge is 0.493 e. The van der Waals surface area contributed by atoms with Crippen molar-refractivity contribution in [3.63, 3.8) is 0 Å². The third kappa shape index (κ3) is 36.0. The molecule has 634 valence electrons. The first-order chi connectivity index (χ1) is 56.8. The van der Waals surface area contributed by atoms with Crippen molar-refractivity contribution in [1.82, 2.24) is 16.0 Å². The van der Waals surface area contributed by atoms with E-state index in [1.54, 1.807) is 27.7 Å². The highest BCUT2D eigenvalue weighted by Gasteiger charge is 2.42. The molecule has 0 aromatic heterocycles. The number of carbonyl (C=O) groups excluding carboxylic acids is 4. The van der Waals surface area contributed by atoms with Crippen LogP contribution in [-0.2, 0) is 40.0 Å². The normalized spacial score (nSPS) is 12.5. The summed E-state index contributed by atoms with van der Waals surface area (Å²) >= 11 is 3.02. The number of rotatable bonds is 64. The van der Waals surface area contributed by atoms with Crippen molar-refractivity contribution < 1.29 is 38.1 Å². The Morgan fingerprint density at radius 2 is 0.629 bits per heavy atom. The van der Waals surface area contributed by atoms with Crippen LogP contribution in [0.3, 0.4) is 0 Å². The molecule has 0 radical (unpaired) electrons. The smallest absolute Gasteiger partial charge is 0.408 e. The van der Waals surface area contributed by atoms with E-state index in [1.807, 2.05) is 127 Å². The van der Waals surface area contributed by atoms with Gasteiger partial charge in [-0.1, -0.05) is 440 Å². The summed E-state index contributed by atoms with van der Waals surface area (Å²) in [4.78, 5) is 59.5. The van der Waals surface area contributed by atoms with Gasteiger partial charge < -0.3 is 34.9 Å². The van der Waals surface area contributed by atoms with Gasteiger partial charge in [-0.3, -0.25) is 9.59 Å². The third-order valence-electron chi connectivity index (χ3n) is 22.3. The molecule has 13 heteroatoms. The van der Waals surface area contributed by atoms with E-state index in [0.717, 1.165) is 65.5 Å². The van der Waals surface area contributed by atoms with Gasteiger partial charge in [0.1, 0.15) is 41.8 Å². The van der Waals surface area contributed by atoms with Gasteiger partial charge >= 0.3 is 12.1 Å². The molecule has 0 fully saturated rings.